The molecule has 0 N–H and O–H groups in total. The molecule has 4 nitrogen and oxygen atoms in total. The highest BCUT2D eigenvalue weighted by Crippen LogP contribution is 2.20. The summed E-state index contributed by atoms with van der Waals surface area (Å²) < 4.78 is 1.59. The van der Waals surface area contributed by atoms with Crippen molar-refractivity contribution in [3.8, 4) is 5.82 Å². The predicted octanol–water partition coefficient (Wildman–Crippen LogP) is 2.44. The second-order valence-electron chi connectivity index (χ2n) is 3.54. The highest BCUT2D eigenvalue weighted by Gasteiger charge is 2.10. The second-order valence-corrected chi connectivity index (χ2v) is 3.93. The Morgan fingerprint density at radius 2 is 2.20 bits per heavy atom. The van der Waals surface area contributed by atoms with Crippen LogP contribution in [0, 0.1) is 0 Å². The van der Waals surface area contributed by atoms with Gasteiger partial charge in [-0.25, -0.2) is 4.68 Å². The largest absolute Gasteiger partial charge is 0.202 e. The molecule has 0 amide bonds. The first-order chi connectivity index (χ1) is 7.18. The van der Waals surface area contributed by atoms with Gasteiger partial charge in [-0.3, -0.25) is 0 Å². The van der Waals surface area contributed by atoms with E-state index < -0.39 is 0 Å². The van der Waals surface area contributed by atoms with Crippen molar-refractivity contribution >= 4 is 11.6 Å². The molecule has 2 heterocycles. The van der Waals surface area contributed by atoms with Crippen LogP contribution in [0.25, 0.3) is 5.82 Å². The van der Waals surface area contributed by atoms with Gasteiger partial charge in [0.1, 0.15) is 5.15 Å². The molecule has 0 aliphatic heterocycles. The molecule has 2 aromatic heterocycles. The molecule has 0 atom stereocenters. The third kappa shape index (κ3) is 1.99. The molecule has 5 heteroatoms. The van der Waals surface area contributed by atoms with Gasteiger partial charge in [-0.15, -0.1) is 5.10 Å². The molecule has 2 rings (SSSR count). The van der Waals surface area contributed by atoms with Crippen LogP contribution in [0.1, 0.15) is 25.5 Å². The van der Waals surface area contributed by atoms with Crippen LogP contribution < -0.4 is 0 Å². The van der Waals surface area contributed by atoms with Crippen LogP contribution in [0.2, 0.25) is 5.15 Å². The monoisotopic (exact) mass is 222 g/mol. The Morgan fingerprint density at radius 3 is 2.73 bits per heavy atom. The van der Waals surface area contributed by atoms with Gasteiger partial charge in [-0.05, 0) is 24.1 Å². The van der Waals surface area contributed by atoms with Crippen molar-refractivity contribution < 1.29 is 0 Å². The fraction of sp³-hybridized carbons (Fsp3) is 0.300. The second kappa shape index (κ2) is 3.98. The van der Waals surface area contributed by atoms with E-state index in [2.05, 4.69) is 29.1 Å². The summed E-state index contributed by atoms with van der Waals surface area (Å²) in [5.74, 6) is 0.981. The highest BCUT2D eigenvalue weighted by molar-refractivity contribution is 6.29. The Bertz CT molecular complexity index is 450. The predicted molar refractivity (Wildman–Crippen MR) is 58.3 cm³/mol. The fourth-order valence-corrected chi connectivity index (χ4v) is 1.46. The third-order valence-electron chi connectivity index (χ3n) is 2.05. The minimum atomic E-state index is 0.348. The summed E-state index contributed by atoms with van der Waals surface area (Å²) in [6.45, 7) is 4.14. The summed E-state index contributed by atoms with van der Waals surface area (Å²) in [7, 11) is 0. The molecule has 78 valence electrons. The lowest BCUT2D eigenvalue weighted by atomic mass is 10.1. The first-order valence-corrected chi connectivity index (χ1v) is 5.10. The standard InChI is InChI=1S/C10H11ClN4/c1-7(2)8-6-9(11)15(14-8)10-4-3-5-12-13-10/h3-7H,1-2H3. The number of nitrogens with zero attached hydrogens (tertiary/aromatic N) is 4. The van der Waals surface area contributed by atoms with Gasteiger partial charge < -0.3 is 0 Å². The summed E-state index contributed by atoms with van der Waals surface area (Å²) in [4.78, 5) is 0. The van der Waals surface area contributed by atoms with E-state index in [1.165, 1.54) is 0 Å². The summed E-state index contributed by atoms with van der Waals surface area (Å²) in [5, 5.41) is 12.7. The molecule has 15 heavy (non-hydrogen) atoms. The third-order valence-corrected chi connectivity index (χ3v) is 2.32. The maximum absolute atomic E-state index is 6.06. The lowest BCUT2D eigenvalue weighted by Gasteiger charge is -2.00. The molecule has 0 radical (unpaired) electrons. The normalized spacial score (nSPS) is 10.9. The van der Waals surface area contributed by atoms with E-state index in [4.69, 9.17) is 11.6 Å². The molecule has 0 saturated carbocycles. The van der Waals surface area contributed by atoms with Crippen LogP contribution in [-0.2, 0) is 0 Å². The van der Waals surface area contributed by atoms with Crippen molar-refractivity contribution in [2.45, 2.75) is 19.8 Å². The molecule has 0 aromatic carbocycles. The summed E-state index contributed by atoms with van der Waals surface area (Å²) in [5.41, 5.74) is 0.950. The number of hydrogen-bond acceptors (Lipinski definition) is 3. The zero-order valence-electron chi connectivity index (χ0n) is 8.55. The first kappa shape index (κ1) is 10.1. The van der Waals surface area contributed by atoms with Gasteiger partial charge in [-0.2, -0.15) is 10.2 Å². The van der Waals surface area contributed by atoms with Crippen LogP contribution in [0.3, 0.4) is 0 Å². The van der Waals surface area contributed by atoms with Gasteiger partial charge >= 0.3 is 0 Å². The maximum Gasteiger partial charge on any atom is 0.177 e. The van der Waals surface area contributed by atoms with E-state index in [1.807, 2.05) is 12.1 Å². The summed E-state index contributed by atoms with van der Waals surface area (Å²) in [6.07, 6.45) is 1.62. The van der Waals surface area contributed by atoms with Crippen molar-refractivity contribution in [2.24, 2.45) is 0 Å². The minimum Gasteiger partial charge on any atom is -0.202 e. The zero-order valence-corrected chi connectivity index (χ0v) is 9.31. The smallest absolute Gasteiger partial charge is 0.177 e. The highest BCUT2D eigenvalue weighted by atomic mass is 35.5. The Morgan fingerprint density at radius 1 is 1.40 bits per heavy atom. The molecular formula is C10H11ClN4. The van der Waals surface area contributed by atoms with E-state index >= 15 is 0 Å². The van der Waals surface area contributed by atoms with E-state index in [0.717, 1.165) is 5.69 Å². The fourth-order valence-electron chi connectivity index (χ4n) is 1.22. The zero-order chi connectivity index (χ0) is 10.8. The van der Waals surface area contributed by atoms with Gasteiger partial charge in [0, 0.05) is 6.20 Å². The van der Waals surface area contributed by atoms with Crippen LogP contribution in [0.15, 0.2) is 24.4 Å². The Labute approximate surface area is 92.9 Å². The minimum absolute atomic E-state index is 0.348. The van der Waals surface area contributed by atoms with Gasteiger partial charge in [0.05, 0.1) is 5.69 Å². The van der Waals surface area contributed by atoms with E-state index in [1.54, 1.807) is 16.9 Å². The van der Waals surface area contributed by atoms with Crippen molar-refractivity contribution in [1.82, 2.24) is 20.0 Å². The average Bonchev–Trinajstić information content (AvgIpc) is 2.62. The molecule has 0 aliphatic rings. The molecular weight excluding hydrogens is 212 g/mol. The van der Waals surface area contributed by atoms with Gasteiger partial charge in [0.25, 0.3) is 0 Å². The Balaban J connectivity index is 2.45. The molecule has 0 aliphatic carbocycles. The molecule has 0 unspecified atom stereocenters. The van der Waals surface area contributed by atoms with Gasteiger partial charge in [0.15, 0.2) is 5.82 Å². The summed E-state index contributed by atoms with van der Waals surface area (Å²) >= 11 is 6.06. The maximum atomic E-state index is 6.06. The van der Waals surface area contributed by atoms with Crippen molar-refractivity contribution in [1.29, 1.82) is 0 Å². The van der Waals surface area contributed by atoms with Crippen LogP contribution >= 0.6 is 11.6 Å². The van der Waals surface area contributed by atoms with Gasteiger partial charge in [-0.1, -0.05) is 25.4 Å². The Hall–Kier alpha value is -1.42. The topological polar surface area (TPSA) is 43.6 Å². The van der Waals surface area contributed by atoms with Gasteiger partial charge in [0.2, 0.25) is 0 Å². The quantitative estimate of drug-likeness (QED) is 0.784. The summed E-state index contributed by atoms with van der Waals surface area (Å²) in [6, 6.07) is 5.46. The molecule has 0 fully saturated rings. The Kier molecular flexibility index (Phi) is 2.68. The van der Waals surface area contributed by atoms with E-state index in [-0.39, 0.29) is 0 Å². The lowest BCUT2D eigenvalue weighted by Crippen LogP contribution is -2.01. The number of hydrogen-bond donors (Lipinski definition) is 0. The average molecular weight is 223 g/mol. The van der Waals surface area contributed by atoms with E-state index in [9.17, 15) is 0 Å². The lowest BCUT2D eigenvalue weighted by molar-refractivity contribution is 0.748. The molecule has 0 bridgehead atoms. The molecule has 0 saturated heterocycles. The number of halogens is 1. The number of rotatable bonds is 2. The number of aromatic nitrogens is 4. The van der Waals surface area contributed by atoms with Crippen LogP contribution in [-0.4, -0.2) is 20.0 Å². The molecule has 2 aromatic rings. The van der Waals surface area contributed by atoms with Crippen molar-refractivity contribution in [3.05, 3.63) is 35.2 Å². The SMILES string of the molecule is CC(C)c1cc(Cl)n(-c2cccnn2)n1. The van der Waals surface area contributed by atoms with Crippen LogP contribution in [0.5, 0.6) is 0 Å². The van der Waals surface area contributed by atoms with E-state index in [0.29, 0.717) is 16.9 Å². The van der Waals surface area contributed by atoms with Crippen molar-refractivity contribution in [2.75, 3.05) is 0 Å². The van der Waals surface area contributed by atoms with Crippen LogP contribution in [0.4, 0.5) is 0 Å². The molecule has 0 spiro atoms. The first-order valence-electron chi connectivity index (χ1n) is 4.72. The van der Waals surface area contributed by atoms with Crippen molar-refractivity contribution in [3.63, 3.8) is 0 Å².